The van der Waals surface area contributed by atoms with Gasteiger partial charge in [-0.3, -0.25) is 9.36 Å². The summed E-state index contributed by atoms with van der Waals surface area (Å²) in [4.78, 5) is 20.7. The van der Waals surface area contributed by atoms with Gasteiger partial charge in [0, 0.05) is 33.9 Å². The summed E-state index contributed by atoms with van der Waals surface area (Å²) in [7, 11) is 0. The quantitative estimate of drug-likeness (QED) is 0.568. The zero-order chi connectivity index (χ0) is 17.8. The van der Waals surface area contributed by atoms with Crippen molar-refractivity contribution in [3.8, 4) is 0 Å². The fourth-order valence-corrected chi connectivity index (χ4v) is 4.03. The average molecular weight is 342 g/mol. The van der Waals surface area contributed by atoms with Crippen molar-refractivity contribution in [1.29, 1.82) is 0 Å². The van der Waals surface area contributed by atoms with Gasteiger partial charge in [0.15, 0.2) is 5.78 Å². The molecule has 0 fully saturated rings. The maximum atomic E-state index is 12.6. The lowest BCUT2D eigenvalue weighted by Gasteiger charge is -2.29. The number of anilines is 1. The van der Waals surface area contributed by atoms with Crippen LogP contribution in [0, 0.1) is 0 Å². The molecule has 0 amide bonds. The number of Topliss-reactive ketones (excluding diaryl/α,β-unsaturated/α-hetero) is 1. The molecule has 5 rings (SSSR count). The number of nitrogens with one attached hydrogen (secondary N) is 2. The smallest absolute Gasteiger partial charge is 0.209 e. The number of allylic oxidation sites excluding steroid dienone is 2. The highest BCUT2D eigenvalue weighted by atomic mass is 16.1. The van der Waals surface area contributed by atoms with Crippen molar-refractivity contribution >= 4 is 33.7 Å². The molecule has 5 nitrogen and oxygen atoms in total. The largest absolute Gasteiger partial charge is 0.361 e. The van der Waals surface area contributed by atoms with Crippen molar-refractivity contribution < 1.29 is 4.79 Å². The fourth-order valence-electron chi connectivity index (χ4n) is 4.03. The molecular formula is C21H18N4O. The van der Waals surface area contributed by atoms with Crippen LogP contribution in [0.25, 0.3) is 21.9 Å². The molecule has 0 spiro atoms. The lowest BCUT2D eigenvalue weighted by atomic mass is 9.92. The first-order chi connectivity index (χ1) is 12.6. The van der Waals surface area contributed by atoms with Crippen LogP contribution in [-0.2, 0) is 4.79 Å². The van der Waals surface area contributed by atoms with E-state index in [4.69, 9.17) is 4.98 Å². The Morgan fingerprint density at radius 2 is 1.88 bits per heavy atom. The Balaban J connectivity index is 1.87. The van der Waals surface area contributed by atoms with Crippen LogP contribution in [0.15, 0.2) is 66.0 Å². The van der Waals surface area contributed by atoms with Gasteiger partial charge >= 0.3 is 0 Å². The average Bonchev–Trinajstić information content (AvgIpc) is 3.21. The lowest BCUT2D eigenvalue weighted by molar-refractivity contribution is -0.114. The molecular weight excluding hydrogens is 324 g/mol. The summed E-state index contributed by atoms with van der Waals surface area (Å²) in [6.07, 6.45) is 2.01. The molecule has 2 N–H and O–H groups in total. The van der Waals surface area contributed by atoms with Crippen LogP contribution in [0.3, 0.4) is 0 Å². The molecule has 1 aliphatic heterocycles. The van der Waals surface area contributed by atoms with E-state index in [0.29, 0.717) is 0 Å². The van der Waals surface area contributed by atoms with E-state index in [1.807, 2.05) is 49.5 Å². The number of fused-ring (bicyclic) bond motifs is 4. The topological polar surface area (TPSA) is 62.7 Å². The van der Waals surface area contributed by atoms with Gasteiger partial charge in [-0.05, 0) is 32.0 Å². The number of carbonyl (C=O) groups is 1. The minimum atomic E-state index is -0.215. The predicted octanol–water partition coefficient (Wildman–Crippen LogP) is 4.40. The Kier molecular flexibility index (Phi) is 3.06. The van der Waals surface area contributed by atoms with Crippen LogP contribution in [0.5, 0.6) is 0 Å². The Labute approximate surface area is 150 Å². The van der Waals surface area contributed by atoms with Crippen molar-refractivity contribution in [3.63, 3.8) is 0 Å². The summed E-state index contributed by atoms with van der Waals surface area (Å²) < 4.78 is 2.13. The molecule has 128 valence electrons. The zero-order valence-electron chi connectivity index (χ0n) is 14.6. The van der Waals surface area contributed by atoms with E-state index in [-0.39, 0.29) is 11.8 Å². The maximum Gasteiger partial charge on any atom is 0.209 e. The summed E-state index contributed by atoms with van der Waals surface area (Å²) in [5.41, 5.74) is 5.69. The first-order valence-electron chi connectivity index (χ1n) is 8.67. The number of ketones is 1. The Hall–Kier alpha value is -3.34. The third-order valence-electron chi connectivity index (χ3n) is 5.13. The van der Waals surface area contributed by atoms with Gasteiger partial charge in [0.2, 0.25) is 5.95 Å². The van der Waals surface area contributed by atoms with Crippen LogP contribution < -0.4 is 5.32 Å². The van der Waals surface area contributed by atoms with E-state index in [2.05, 4.69) is 27.0 Å². The summed E-state index contributed by atoms with van der Waals surface area (Å²) >= 11 is 0. The molecule has 0 radical (unpaired) electrons. The summed E-state index contributed by atoms with van der Waals surface area (Å²) in [6, 6.07) is 16.0. The highest BCUT2D eigenvalue weighted by Gasteiger charge is 2.33. The van der Waals surface area contributed by atoms with Crippen molar-refractivity contribution in [2.75, 3.05) is 5.32 Å². The molecule has 0 saturated heterocycles. The summed E-state index contributed by atoms with van der Waals surface area (Å²) in [5.74, 6) is 0.831. The molecule has 2 aromatic heterocycles. The van der Waals surface area contributed by atoms with Crippen LogP contribution in [0.1, 0.15) is 25.5 Å². The number of carbonyl (C=O) groups excluding carboxylic acids is 1. The molecule has 0 saturated carbocycles. The second-order valence-electron chi connectivity index (χ2n) is 6.71. The van der Waals surface area contributed by atoms with Gasteiger partial charge in [-0.25, -0.2) is 4.98 Å². The molecule has 3 heterocycles. The highest BCUT2D eigenvalue weighted by Crippen LogP contribution is 2.41. The van der Waals surface area contributed by atoms with E-state index in [1.165, 1.54) is 0 Å². The second-order valence-corrected chi connectivity index (χ2v) is 6.71. The van der Waals surface area contributed by atoms with Crippen LogP contribution in [-0.4, -0.2) is 20.3 Å². The van der Waals surface area contributed by atoms with Gasteiger partial charge in [-0.1, -0.05) is 30.3 Å². The minimum absolute atomic E-state index is 0.0636. The molecule has 1 aliphatic rings. The van der Waals surface area contributed by atoms with Crippen LogP contribution >= 0.6 is 0 Å². The molecule has 0 bridgehead atoms. The third-order valence-corrected chi connectivity index (χ3v) is 5.13. The second kappa shape index (κ2) is 5.33. The SMILES string of the molecule is CC(=O)C1=C(C)Nc2nc3ccccc3n2C1c1c[nH]c2ccccc12. The molecule has 1 unspecified atom stereocenters. The molecule has 26 heavy (non-hydrogen) atoms. The Morgan fingerprint density at radius 3 is 2.73 bits per heavy atom. The molecule has 0 aliphatic carbocycles. The summed E-state index contributed by atoms with van der Waals surface area (Å²) in [6.45, 7) is 3.58. The van der Waals surface area contributed by atoms with E-state index < -0.39 is 0 Å². The zero-order valence-corrected chi connectivity index (χ0v) is 14.6. The minimum Gasteiger partial charge on any atom is -0.361 e. The Morgan fingerprint density at radius 1 is 1.12 bits per heavy atom. The number of aromatic amines is 1. The van der Waals surface area contributed by atoms with Gasteiger partial charge in [-0.2, -0.15) is 0 Å². The van der Waals surface area contributed by atoms with E-state index in [1.54, 1.807) is 6.92 Å². The number of benzene rings is 2. The number of nitrogens with zero attached hydrogens (tertiary/aromatic N) is 2. The van der Waals surface area contributed by atoms with Gasteiger partial charge in [0.05, 0.1) is 17.1 Å². The van der Waals surface area contributed by atoms with Crippen molar-refractivity contribution in [3.05, 3.63) is 71.6 Å². The molecule has 5 heteroatoms. The number of para-hydroxylation sites is 3. The van der Waals surface area contributed by atoms with E-state index in [9.17, 15) is 4.79 Å². The molecule has 1 atom stereocenters. The predicted molar refractivity (Wildman–Crippen MR) is 103 cm³/mol. The Bertz CT molecular complexity index is 1210. The van der Waals surface area contributed by atoms with Crippen LogP contribution in [0.4, 0.5) is 5.95 Å². The van der Waals surface area contributed by atoms with Gasteiger partial charge in [0.25, 0.3) is 0 Å². The van der Waals surface area contributed by atoms with E-state index in [0.717, 1.165) is 44.7 Å². The lowest BCUT2D eigenvalue weighted by Crippen LogP contribution is -2.26. The van der Waals surface area contributed by atoms with E-state index >= 15 is 0 Å². The third kappa shape index (κ3) is 1.97. The van der Waals surface area contributed by atoms with Crippen molar-refractivity contribution in [1.82, 2.24) is 14.5 Å². The number of hydrogen-bond acceptors (Lipinski definition) is 3. The van der Waals surface area contributed by atoms with Crippen LogP contribution in [0.2, 0.25) is 0 Å². The monoisotopic (exact) mass is 342 g/mol. The standard InChI is InChI=1S/C21H18N4O/c1-12-19(13(2)26)20(15-11-22-16-8-4-3-7-14(15)16)25-18-10-6-5-9-17(18)24-21(25)23-12/h3-11,20,22H,1-2H3,(H,23,24). The molecule has 2 aromatic carbocycles. The van der Waals surface area contributed by atoms with Crippen molar-refractivity contribution in [2.45, 2.75) is 19.9 Å². The molecule has 4 aromatic rings. The number of rotatable bonds is 2. The van der Waals surface area contributed by atoms with Gasteiger partial charge in [-0.15, -0.1) is 0 Å². The number of imidazole rings is 1. The van der Waals surface area contributed by atoms with Crippen molar-refractivity contribution in [2.24, 2.45) is 0 Å². The first-order valence-corrected chi connectivity index (χ1v) is 8.67. The highest BCUT2D eigenvalue weighted by molar-refractivity contribution is 5.99. The fraction of sp³-hybridized carbons (Fsp3) is 0.143. The van der Waals surface area contributed by atoms with Gasteiger partial charge < -0.3 is 10.3 Å². The normalized spacial score (nSPS) is 16.8. The maximum absolute atomic E-state index is 12.6. The number of aromatic nitrogens is 3. The number of H-pyrrole nitrogens is 1. The summed E-state index contributed by atoms with van der Waals surface area (Å²) in [5, 5.41) is 4.44. The van der Waals surface area contributed by atoms with Gasteiger partial charge in [0.1, 0.15) is 0 Å². The first kappa shape index (κ1) is 15.0. The number of hydrogen-bond donors (Lipinski definition) is 2.